The van der Waals surface area contributed by atoms with E-state index in [2.05, 4.69) is 4.90 Å². The summed E-state index contributed by atoms with van der Waals surface area (Å²) < 4.78 is 7.72. The van der Waals surface area contributed by atoms with Crippen LogP contribution in [0, 0.1) is 5.92 Å². The van der Waals surface area contributed by atoms with Gasteiger partial charge in [-0.25, -0.2) is 9.67 Å². The second-order valence-electron chi connectivity index (χ2n) is 8.75. The average Bonchev–Trinajstić information content (AvgIpc) is 3.12. The Balaban J connectivity index is 1.17. The molecule has 5 rings (SSSR count). The van der Waals surface area contributed by atoms with Crippen molar-refractivity contribution in [1.29, 1.82) is 0 Å². The van der Waals surface area contributed by atoms with Crippen LogP contribution in [0.2, 0.25) is 0 Å². The van der Waals surface area contributed by atoms with Crippen LogP contribution >= 0.6 is 0 Å². The van der Waals surface area contributed by atoms with Gasteiger partial charge in [-0.15, -0.1) is 0 Å². The number of hydrogen-bond acceptors (Lipinski definition) is 5. The van der Waals surface area contributed by atoms with Gasteiger partial charge in [0.05, 0.1) is 17.9 Å². The third-order valence-corrected chi connectivity index (χ3v) is 6.66. The number of aromatic nitrogens is 3. The maximum atomic E-state index is 12.4. The SMILES string of the molecule is O=c1cc2c(nn1CC1CCN(Cc3nc4c(o3)CCCC4)CC1)CCCC2. The number of fused-ring (bicyclic) bond motifs is 2. The zero-order valence-corrected chi connectivity index (χ0v) is 16.7. The van der Waals surface area contributed by atoms with Gasteiger partial charge in [0, 0.05) is 19.0 Å². The van der Waals surface area contributed by atoms with Crippen LogP contribution in [0.5, 0.6) is 0 Å². The minimum absolute atomic E-state index is 0.0773. The van der Waals surface area contributed by atoms with E-state index in [1.54, 1.807) is 4.68 Å². The molecule has 150 valence electrons. The summed E-state index contributed by atoms with van der Waals surface area (Å²) in [6.07, 6.45) is 11.2. The van der Waals surface area contributed by atoms with Gasteiger partial charge < -0.3 is 4.42 Å². The molecule has 3 aliphatic rings. The molecule has 1 saturated heterocycles. The maximum absolute atomic E-state index is 12.4. The van der Waals surface area contributed by atoms with Crippen molar-refractivity contribution in [1.82, 2.24) is 19.7 Å². The molecular weight excluding hydrogens is 352 g/mol. The zero-order chi connectivity index (χ0) is 18.9. The van der Waals surface area contributed by atoms with Gasteiger partial charge in [0.1, 0.15) is 5.76 Å². The summed E-state index contributed by atoms with van der Waals surface area (Å²) in [6, 6.07) is 1.83. The molecule has 0 bridgehead atoms. The van der Waals surface area contributed by atoms with Gasteiger partial charge in [-0.2, -0.15) is 5.10 Å². The molecule has 0 aromatic carbocycles. The zero-order valence-electron chi connectivity index (χ0n) is 16.7. The molecule has 1 fully saturated rings. The highest BCUT2D eigenvalue weighted by Gasteiger charge is 2.24. The molecule has 0 radical (unpaired) electrons. The first-order chi connectivity index (χ1) is 13.7. The van der Waals surface area contributed by atoms with Crippen molar-refractivity contribution >= 4 is 0 Å². The Kier molecular flexibility index (Phi) is 5.05. The van der Waals surface area contributed by atoms with Crippen molar-refractivity contribution in [2.24, 2.45) is 5.92 Å². The van der Waals surface area contributed by atoms with E-state index in [0.717, 1.165) is 82.0 Å². The molecule has 2 aromatic heterocycles. The van der Waals surface area contributed by atoms with Crippen LogP contribution in [-0.4, -0.2) is 32.8 Å². The smallest absolute Gasteiger partial charge is 0.267 e. The first kappa shape index (κ1) is 18.1. The Morgan fingerprint density at radius 2 is 1.75 bits per heavy atom. The summed E-state index contributed by atoms with van der Waals surface area (Å²) in [5, 5.41) is 4.70. The molecule has 6 nitrogen and oxygen atoms in total. The molecule has 0 unspecified atom stereocenters. The van der Waals surface area contributed by atoms with E-state index < -0.39 is 0 Å². The molecule has 28 heavy (non-hydrogen) atoms. The van der Waals surface area contributed by atoms with Crippen molar-refractivity contribution in [3.05, 3.63) is 45.0 Å². The minimum atomic E-state index is 0.0773. The highest BCUT2D eigenvalue weighted by Crippen LogP contribution is 2.25. The van der Waals surface area contributed by atoms with Gasteiger partial charge >= 0.3 is 0 Å². The Labute approximate surface area is 165 Å². The lowest BCUT2D eigenvalue weighted by molar-refractivity contribution is 0.151. The van der Waals surface area contributed by atoms with Crippen molar-refractivity contribution in [2.75, 3.05) is 13.1 Å². The molecule has 0 saturated carbocycles. The minimum Gasteiger partial charge on any atom is -0.444 e. The van der Waals surface area contributed by atoms with Crippen LogP contribution in [0.1, 0.15) is 67.1 Å². The lowest BCUT2D eigenvalue weighted by atomic mass is 9.96. The Hall–Kier alpha value is -1.95. The fraction of sp³-hybridized carbons (Fsp3) is 0.682. The van der Waals surface area contributed by atoms with E-state index in [1.165, 1.54) is 36.9 Å². The van der Waals surface area contributed by atoms with Crippen molar-refractivity contribution in [3.63, 3.8) is 0 Å². The Morgan fingerprint density at radius 1 is 1.00 bits per heavy atom. The van der Waals surface area contributed by atoms with Crippen LogP contribution < -0.4 is 5.56 Å². The Bertz CT molecular complexity index is 869. The van der Waals surface area contributed by atoms with Crippen LogP contribution in [0.15, 0.2) is 15.3 Å². The number of likely N-dealkylation sites (tertiary alicyclic amines) is 1. The summed E-state index contributed by atoms with van der Waals surface area (Å²) >= 11 is 0. The van der Waals surface area contributed by atoms with Gasteiger partial charge in [0.15, 0.2) is 0 Å². The van der Waals surface area contributed by atoms with Gasteiger partial charge in [0.25, 0.3) is 5.56 Å². The number of piperidine rings is 1. The molecule has 0 N–H and O–H groups in total. The van der Waals surface area contributed by atoms with Gasteiger partial charge in [-0.05, 0) is 82.4 Å². The topological polar surface area (TPSA) is 64.2 Å². The van der Waals surface area contributed by atoms with Crippen LogP contribution in [0.4, 0.5) is 0 Å². The predicted octanol–water partition coefficient (Wildman–Crippen LogP) is 2.90. The highest BCUT2D eigenvalue weighted by molar-refractivity contribution is 5.20. The number of oxazole rings is 1. The van der Waals surface area contributed by atoms with Crippen molar-refractivity contribution in [2.45, 2.75) is 77.3 Å². The second kappa shape index (κ2) is 7.82. The number of hydrogen-bond donors (Lipinski definition) is 0. The third kappa shape index (κ3) is 3.79. The van der Waals surface area contributed by atoms with Crippen LogP contribution in [0.25, 0.3) is 0 Å². The number of rotatable bonds is 4. The molecule has 3 heterocycles. The summed E-state index contributed by atoms with van der Waals surface area (Å²) in [6.45, 7) is 3.65. The summed E-state index contributed by atoms with van der Waals surface area (Å²) in [4.78, 5) is 19.6. The number of nitrogens with zero attached hydrogens (tertiary/aromatic N) is 4. The predicted molar refractivity (Wildman–Crippen MR) is 106 cm³/mol. The van der Waals surface area contributed by atoms with Gasteiger partial charge in [-0.1, -0.05) is 0 Å². The van der Waals surface area contributed by atoms with E-state index in [0.29, 0.717) is 5.92 Å². The van der Waals surface area contributed by atoms with Crippen molar-refractivity contribution in [3.8, 4) is 0 Å². The molecule has 0 atom stereocenters. The van der Waals surface area contributed by atoms with E-state index in [4.69, 9.17) is 14.5 Å². The van der Waals surface area contributed by atoms with Gasteiger partial charge in [0.2, 0.25) is 5.89 Å². The van der Waals surface area contributed by atoms with Gasteiger partial charge in [-0.3, -0.25) is 9.69 Å². The van der Waals surface area contributed by atoms with E-state index >= 15 is 0 Å². The number of aryl methyl sites for hydroxylation is 4. The van der Waals surface area contributed by atoms with Crippen LogP contribution in [0.3, 0.4) is 0 Å². The highest BCUT2D eigenvalue weighted by atomic mass is 16.4. The standard InChI is InChI=1S/C22H30N4O2/c27-22-13-17-5-1-2-6-18(17)24-26(22)14-16-9-11-25(12-10-16)15-21-23-19-7-3-4-8-20(19)28-21/h13,16H,1-12,14-15H2. The second-order valence-corrected chi connectivity index (χ2v) is 8.75. The molecule has 2 aromatic rings. The van der Waals surface area contributed by atoms with E-state index in [-0.39, 0.29) is 5.56 Å². The molecule has 2 aliphatic carbocycles. The summed E-state index contributed by atoms with van der Waals surface area (Å²) in [5.41, 5.74) is 3.59. The van der Waals surface area contributed by atoms with Crippen molar-refractivity contribution < 1.29 is 4.42 Å². The van der Waals surface area contributed by atoms with E-state index in [1.807, 2.05) is 6.07 Å². The normalized spacial score (nSPS) is 20.7. The first-order valence-corrected chi connectivity index (χ1v) is 11.0. The molecule has 1 aliphatic heterocycles. The summed E-state index contributed by atoms with van der Waals surface area (Å²) in [7, 11) is 0. The molecule has 6 heteroatoms. The maximum Gasteiger partial charge on any atom is 0.267 e. The largest absolute Gasteiger partial charge is 0.444 e. The molecule has 0 spiro atoms. The third-order valence-electron chi connectivity index (χ3n) is 6.66. The lowest BCUT2D eigenvalue weighted by Crippen LogP contribution is -2.37. The average molecular weight is 383 g/mol. The molecule has 0 amide bonds. The molecular formula is C22H30N4O2. The fourth-order valence-corrected chi connectivity index (χ4v) is 4.97. The summed E-state index contributed by atoms with van der Waals surface area (Å²) in [5.74, 6) is 2.53. The quantitative estimate of drug-likeness (QED) is 0.814. The first-order valence-electron chi connectivity index (χ1n) is 11.0. The fourth-order valence-electron chi connectivity index (χ4n) is 4.97. The Morgan fingerprint density at radius 3 is 2.57 bits per heavy atom. The van der Waals surface area contributed by atoms with E-state index in [9.17, 15) is 4.79 Å². The lowest BCUT2D eigenvalue weighted by Gasteiger charge is -2.31. The van der Waals surface area contributed by atoms with Crippen LogP contribution in [-0.2, 0) is 38.8 Å². The monoisotopic (exact) mass is 382 g/mol.